The molecule has 2 heterocycles. The van der Waals surface area contributed by atoms with Crippen molar-refractivity contribution in [2.45, 2.75) is 38.8 Å². The molecule has 1 N–H and O–H groups in total. The van der Waals surface area contributed by atoms with Crippen LogP contribution in [0.3, 0.4) is 0 Å². The molecule has 5 nitrogen and oxygen atoms in total. The lowest BCUT2D eigenvalue weighted by Crippen LogP contribution is -2.32. The van der Waals surface area contributed by atoms with Gasteiger partial charge in [-0.3, -0.25) is 9.48 Å². The zero-order valence-corrected chi connectivity index (χ0v) is 12.3. The number of hydrogen-bond acceptors (Lipinski definition) is 3. The first-order valence-corrected chi connectivity index (χ1v) is 7.54. The first-order chi connectivity index (χ1) is 10.2. The van der Waals surface area contributed by atoms with Crippen LogP contribution in [-0.4, -0.2) is 34.9 Å². The number of hydrogen-bond donors (Lipinski definition) is 1. The van der Waals surface area contributed by atoms with Crippen molar-refractivity contribution in [2.75, 3.05) is 13.2 Å². The third-order valence-electron chi connectivity index (χ3n) is 3.94. The lowest BCUT2D eigenvalue weighted by Gasteiger charge is -2.10. The number of benzene rings is 1. The fourth-order valence-corrected chi connectivity index (χ4v) is 2.79. The van der Waals surface area contributed by atoms with Crippen LogP contribution in [0, 0.1) is 6.92 Å². The molecule has 2 aromatic rings. The van der Waals surface area contributed by atoms with E-state index in [0.717, 1.165) is 36.0 Å². The second-order valence-corrected chi connectivity index (χ2v) is 5.51. The van der Waals surface area contributed by atoms with Crippen LogP contribution in [0.25, 0.3) is 10.9 Å². The van der Waals surface area contributed by atoms with Crippen molar-refractivity contribution >= 4 is 16.8 Å². The van der Waals surface area contributed by atoms with Gasteiger partial charge in [-0.1, -0.05) is 18.2 Å². The second-order valence-electron chi connectivity index (χ2n) is 5.51. The van der Waals surface area contributed by atoms with E-state index in [9.17, 15) is 4.79 Å². The fourth-order valence-electron chi connectivity index (χ4n) is 2.79. The predicted octanol–water partition coefficient (Wildman–Crippen LogP) is 2.03. The molecule has 0 saturated carbocycles. The fraction of sp³-hybridized carbons (Fsp3) is 0.500. The van der Waals surface area contributed by atoms with Crippen LogP contribution in [0.5, 0.6) is 0 Å². The topological polar surface area (TPSA) is 56.2 Å². The molecular formula is C16H21N3O2. The summed E-state index contributed by atoms with van der Waals surface area (Å²) < 4.78 is 7.41. The predicted molar refractivity (Wildman–Crippen MR) is 81.1 cm³/mol. The van der Waals surface area contributed by atoms with Crippen LogP contribution in [-0.2, 0) is 16.1 Å². The summed E-state index contributed by atoms with van der Waals surface area (Å²) in [6.07, 6.45) is 2.78. The highest BCUT2D eigenvalue weighted by atomic mass is 16.5. The first kappa shape index (κ1) is 14.1. The number of carbonyl (C=O) groups excluding carboxylic acids is 1. The third-order valence-corrected chi connectivity index (χ3v) is 3.94. The van der Waals surface area contributed by atoms with Gasteiger partial charge in [0.05, 0.1) is 23.9 Å². The highest BCUT2D eigenvalue weighted by molar-refractivity contribution is 5.82. The summed E-state index contributed by atoms with van der Waals surface area (Å²) in [6.45, 7) is 4.04. The smallest absolute Gasteiger partial charge is 0.221 e. The minimum Gasteiger partial charge on any atom is -0.376 e. The van der Waals surface area contributed by atoms with Gasteiger partial charge in [-0.2, -0.15) is 5.10 Å². The molecule has 0 aliphatic carbocycles. The number of rotatable bonds is 5. The Kier molecular flexibility index (Phi) is 4.20. The Bertz CT molecular complexity index is 629. The van der Waals surface area contributed by atoms with Gasteiger partial charge in [0, 0.05) is 25.0 Å². The summed E-state index contributed by atoms with van der Waals surface area (Å²) in [7, 11) is 0. The summed E-state index contributed by atoms with van der Waals surface area (Å²) >= 11 is 0. The van der Waals surface area contributed by atoms with Crippen molar-refractivity contribution in [1.29, 1.82) is 0 Å². The van der Waals surface area contributed by atoms with Gasteiger partial charge in [0.2, 0.25) is 5.91 Å². The van der Waals surface area contributed by atoms with Crippen LogP contribution < -0.4 is 5.32 Å². The highest BCUT2D eigenvalue weighted by Gasteiger charge is 2.16. The zero-order valence-electron chi connectivity index (χ0n) is 12.3. The number of nitrogens with one attached hydrogen (secondary N) is 1. The quantitative estimate of drug-likeness (QED) is 0.915. The number of aromatic nitrogens is 2. The maximum atomic E-state index is 11.9. The maximum absolute atomic E-state index is 11.9. The second kappa shape index (κ2) is 6.26. The Morgan fingerprint density at radius 2 is 2.33 bits per heavy atom. The molecule has 1 unspecified atom stereocenters. The minimum atomic E-state index is 0.0581. The van der Waals surface area contributed by atoms with Crippen LogP contribution in [0.4, 0.5) is 0 Å². The summed E-state index contributed by atoms with van der Waals surface area (Å²) in [5, 5.41) is 8.61. The Labute approximate surface area is 124 Å². The summed E-state index contributed by atoms with van der Waals surface area (Å²) in [6, 6.07) is 8.11. The largest absolute Gasteiger partial charge is 0.376 e. The Morgan fingerprint density at radius 1 is 1.48 bits per heavy atom. The number of carbonyl (C=O) groups is 1. The van der Waals surface area contributed by atoms with Crippen molar-refractivity contribution in [3.05, 3.63) is 30.0 Å². The van der Waals surface area contributed by atoms with E-state index >= 15 is 0 Å². The molecule has 1 amide bonds. The van der Waals surface area contributed by atoms with E-state index in [4.69, 9.17) is 4.74 Å². The molecule has 0 radical (unpaired) electrons. The molecule has 1 aliphatic heterocycles. The first-order valence-electron chi connectivity index (χ1n) is 7.54. The molecular weight excluding hydrogens is 266 g/mol. The Balaban J connectivity index is 1.55. The average Bonchev–Trinajstić information content (AvgIpc) is 3.12. The van der Waals surface area contributed by atoms with Crippen LogP contribution >= 0.6 is 0 Å². The van der Waals surface area contributed by atoms with Gasteiger partial charge < -0.3 is 10.1 Å². The van der Waals surface area contributed by atoms with E-state index in [1.165, 1.54) is 0 Å². The highest BCUT2D eigenvalue weighted by Crippen LogP contribution is 2.17. The number of nitrogens with zero attached hydrogens (tertiary/aromatic N) is 2. The summed E-state index contributed by atoms with van der Waals surface area (Å²) in [5.41, 5.74) is 2.09. The molecule has 0 spiro atoms. The van der Waals surface area contributed by atoms with Gasteiger partial charge in [-0.25, -0.2) is 0 Å². The lowest BCUT2D eigenvalue weighted by atomic mass is 10.2. The monoisotopic (exact) mass is 287 g/mol. The number of amides is 1. The van der Waals surface area contributed by atoms with Crippen LogP contribution in [0.2, 0.25) is 0 Å². The van der Waals surface area contributed by atoms with E-state index in [1.54, 1.807) is 0 Å². The molecule has 3 rings (SSSR count). The summed E-state index contributed by atoms with van der Waals surface area (Å²) in [4.78, 5) is 11.9. The van der Waals surface area contributed by atoms with E-state index < -0.39 is 0 Å². The molecule has 0 bridgehead atoms. The van der Waals surface area contributed by atoms with Gasteiger partial charge in [0.1, 0.15) is 0 Å². The molecule has 1 saturated heterocycles. The average molecular weight is 287 g/mol. The van der Waals surface area contributed by atoms with Crippen molar-refractivity contribution in [3.8, 4) is 0 Å². The van der Waals surface area contributed by atoms with Crippen LogP contribution in [0.1, 0.15) is 25.0 Å². The summed E-state index contributed by atoms with van der Waals surface area (Å²) in [5.74, 6) is 0.0581. The van der Waals surface area contributed by atoms with E-state index in [-0.39, 0.29) is 12.0 Å². The normalized spacial score (nSPS) is 18.2. The Morgan fingerprint density at radius 3 is 3.14 bits per heavy atom. The van der Waals surface area contributed by atoms with Gasteiger partial charge in [0.25, 0.3) is 0 Å². The molecule has 1 aromatic carbocycles. The van der Waals surface area contributed by atoms with Crippen molar-refractivity contribution < 1.29 is 9.53 Å². The standard InChI is InChI=1S/C16H21N3O2/c1-12-14-6-2-3-7-15(14)19(18-12)9-8-16(20)17-11-13-5-4-10-21-13/h2-3,6-7,13H,4-5,8-11H2,1H3,(H,17,20). The molecule has 1 fully saturated rings. The molecule has 1 aromatic heterocycles. The SMILES string of the molecule is Cc1nn(CCC(=O)NCC2CCCO2)c2ccccc12. The number of fused-ring (bicyclic) bond motifs is 1. The lowest BCUT2D eigenvalue weighted by molar-refractivity contribution is -0.121. The van der Waals surface area contributed by atoms with E-state index in [0.29, 0.717) is 19.5 Å². The molecule has 5 heteroatoms. The van der Waals surface area contributed by atoms with Crippen molar-refractivity contribution in [2.24, 2.45) is 0 Å². The van der Waals surface area contributed by atoms with Gasteiger partial charge in [-0.15, -0.1) is 0 Å². The molecule has 21 heavy (non-hydrogen) atoms. The van der Waals surface area contributed by atoms with E-state index in [2.05, 4.69) is 16.5 Å². The maximum Gasteiger partial charge on any atom is 0.221 e. The van der Waals surface area contributed by atoms with Gasteiger partial charge >= 0.3 is 0 Å². The number of aryl methyl sites for hydroxylation is 2. The molecule has 1 atom stereocenters. The third kappa shape index (κ3) is 3.24. The molecule has 112 valence electrons. The zero-order chi connectivity index (χ0) is 14.7. The van der Waals surface area contributed by atoms with Crippen LogP contribution in [0.15, 0.2) is 24.3 Å². The van der Waals surface area contributed by atoms with Gasteiger partial charge in [0.15, 0.2) is 0 Å². The van der Waals surface area contributed by atoms with E-state index in [1.807, 2.05) is 29.8 Å². The van der Waals surface area contributed by atoms with Gasteiger partial charge in [-0.05, 0) is 25.8 Å². The minimum absolute atomic E-state index is 0.0581. The number of para-hydroxylation sites is 1. The Hall–Kier alpha value is -1.88. The van der Waals surface area contributed by atoms with Crippen molar-refractivity contribution in [3.63, 3.8) is 0 Å². The van der Waals surface area contributed by atoms with Crippen molar-refractivity contribution in [1.82, 2.24) is 15.1 Å². The number of ether oxygens (including phenoxy) is 1. The molecule has 1 aliphatic rings.